The average Bonchev–Trinajstić information content (AvgIpc) is 3.04. The number of carbonyl (C=O) groups excluding carboxylic acids is 2. The lowest BCUT2D eigenvalue weighted by molar-refractivity contribution is -0.120. The first-order valence-electron chi connectivity index (χ1n) is 10.4. The molecule has 3 aromatic rings. The molecule has 2 amide bonds. The topological polar surface area (TPSA) is 67.9 Å². The van der Waals surface area contributed by atoms with Crippen LogP contribution in [0.15, 0.2) is 78.5 Å². The van der Waals surface area contributed by atoms with E-state index in [1.807, 2.05) is 38.1 Å². The van der Waals surface area contributed by atoms with E-state index in [-0.39, 0.29) is 11.6 Å². The smallest absolute Gasteiger partial charge is 0.282 e. The molecule has 0 atom stereocenters. The van der Waals surface area contributed by atoms with Gasteiger partial charge in [-0.15, -0.1) is 0 Å². The normalized spacial score (nSPS) is 13.5. The first kappa shape index (κ1) is 21.2. The molecule has 32 heavy (non-hydrogen) atoms. The highest BCUT2D eigenvalue weighted by atomic mass is 16.5. The Hall–Kier alpha value is -4.06. The van der Waals surface area contributed by atoms with Crippen molar-refractivity contribution in [1.29, 1.82) is 0 Å². The van der Waals surface area contributed by atoms with Crippen LogP contribution in [0.3, 0.4) is 0 Å². The summed E-state index contributed by atoms with van der Waals surface area (Å²) in [4.78, 5) is 28.1. The Morgan fingerprint density at radius 2 is 1.56 bits per heavy atom. The van der Waals surface area contributed by atoms with Crippen LogP contribution in [-0.4, -0.2) is 25.5 Å². The van der Waals surface area contributed by atoms with E-state index in [2.05, 4.69) is 5.32 Å². The van der Waals surface area contributed by atoms with Crippen molar-refractivity contribution in [3.63, 3.8) is 0 Å². The Kier molecular flexibility index (Phi) is 5.94. The fourth-order valence-electron chi connectivity index (χ4n) is 3.63. The molecular formula is C26H24N2O4. The van der Waals surface area contributed by atoms with Gasteiger partial charge in [0.1, 0.15) is 17.2 Å². The first-order chi connectivity index (χ1) is 15.5. The molecule has 1 aliphatic rings. The van der Waals surface area contributed by atoms with Gasteiger partial charge in [-0.05, 0) is 73.5 Å². The number of benzene rings is 3. The second kappa shape index (κ2) is 8.98. The van der Waals surface area contributed by atoms with Gasteiger partial charge in [-0.25, -0.2) is 4.90 Å². The highest BCUT2D eigenvalue weighted by molar-refractivity contribution is 6.46. The maximum Gasteiger partial charge on any atom is 0.282 e. The van der Waals surface area contributed by atoms with Crippen LogP contribution in [0, 0.1) is 6.92 Å². The molecule has 0 bridgehead atoms. The van der Waals surface area contributed by atoms with Gasteiger partial charge in [0.05, 0.1) is 25.0 Å². The minimum atomic E-state index is -0.411. The van der Waals surface area contributed by atoms with Gasteiger partial charge in [0, 0.05) is 5.69 Å². The predicted molar refractivity (Wildman–Crippen MR) is 125 cm³/mol. The number of nitrogens with one attached hydrogen (secondary N) is 1. The summed E-state index contributed by atoms with van der Waals surface area (Å²) < 4.78 is 10.7. The largest absolute Gasteiger partial charge is 0.497 e. The molecule has 0 saturated carbocycles. The average molecular weight is 428 g/mol. The predicted octanol–water partition coefficient (Wildman–Crippen LogP) is 4.80. The molecular weight excluding hydrogens is 404 g/mol. The molecule has 4 rings (SSSR count). The standard InChI is InChI=1S/C26H24N2O4/c1-4-32-22-14-10-20(11-15-22)28-25(29)23(18-8-12-21(31-3)13-9-18)24(26(28)30)27-19-7-5-6-17(2)16-19/h5-16,27H,4H2,1-3H3. The SMILES string of the molecule is CCOc1ccc(N2C(=O)C(Nc3cccc(C)c3)=C(c3ccc(OC)cc3)C2=O)cc1. The fraction of sp³-hybridized carbons (Fsp3) is 0.154. The Bertz CT molecular complexity index is 1180. The summed E-state index contributed by atoms with van der Waals surface area (Å²) in [5.41, 5.74) is 3.44. The molecule has 0 aliphatic carbocycles. The highest BCUT2D eigenvalue weighted by Gasteiger charge is 2.40. The molecule has 1 N–H and O–H groups in total. The summed E-state index contributed by atoms with van der Waals surface area (Å²) in [5, 5.41) is 3.18. The summed E-state index contributed by atoms with van der Waals surface area (Å²) in [6, 6.07) is 21.7. The maximum absolute atomic E-state index is 13.5. The molecule has 6 heteroatoms. The van der Waals surface area contributed by atoms with Crippen LogP contribution < -0.4 is 19.7 Å². The van der Waals surface area contributed by atoms with E-state index in [9.17, 15) is 9.59 Å². The van der Waals surface area contributed by atoms with E-state index < -0.39 is 5.91 Å². The van der Waals surface area contributed by atoms with Gasteiger partial charge < -0.3 is 14.8 Å². The van der Waals surface area contributed by atoms with Crippen LogP contribution in [-0.2, 0) is 9.59 Å². The monoisotopic (exact) mass is 428 g/mol. The third-order valence-corrected chi connectivity index (χ3v) is 5.16. The van der Waals surface area contributed by atoms with E-state index in [4.69, 9.17) is 9.47 Å². The molecule has 0 radical (unpaired) electrons. The summed E-state index contributed by atoms with van der Waals surface area (Å²) >= 11 is 0. The maximum atomic E-state index is 13.5. The van der Waals surface area contributed by atoms with Crippen molar-refractivity contribution in [3.05, 3.63) is 89.6 Å². The van der Waals surface area contributed by atoms with Crippen molar-refractivity contribution in [2.24, 2.45) is 0 Å². The zero-order valence-electron chi connectivity index (χ0n) is 18.2. The van der Waals surface area contributed by atoms with Crippen molar-refractivity contribution < 1.29 is 19.1 Å². The van der Waals surface area contributed by atoms with E-state index in [0.29, 0.717) is 34.9 Å². The Balaban J connectivity index is 1.76. The third kappa shape index (κ3) is 4.07. The van der Waals surface area contributed by atoms with E-state index >= 15 is 0 Å². The summed E-state index contributed by atoms with van der Waals surface area (Å²) in [6.45, 7) is 4.40. The van der Waals surface area contributed by atoms with Crippen LogP contribution in [0.1, 0.15) is 18.1 Å². The van der Waals surface area contributed by atoms with E-state index in [0.717, 1.165) is 11.3 Å². The highest BCUT2D eigenvalue weighted by Crippen LogP contribution is 2.35. The molecule has 0 unspecified atom stereocenters. The second-order valence-corrected chi connectivity index (χ2v) is 7.35. The van der Waals surface area contributed by atoms with Gasteiger partial charge >= 0.3 is 0 Å². The Morgan fingerprint density at radius 1 is 0.875 bits per heavy atom. The summed E-state index contributed by atoms with van der Waals surface area (Å²) in [6.07, 6.45) is 0. The van der Waals surface area contributed by atoms with E-state index in [1.165, 1.54) is 4.90 Å². The number of amides is 2. The van der Waals surface area contributed by atoms with Gasteiger partial charge in [-0.1, -0.05) is 24.3 Å². The number of anilines is 2. The number of hydrogen-bond acceptors (Lipinski definition) is 5. The van der Waals surface area contributed by atoms with Gasteiger partial charge in [0.15, 0.2) is 0 Å². The number of carbonyl (C=O) groups is 2. The van der Waals surface area contributed by atoms with Crippen LogP contribution >= 0.6 is 0 Å². The lowest BCUT2D eigenvalue weighted by atomic mass is 10.0. The first-order valence-corrected chi connectivity index (χ1v) is 10.4. The molecule has 0 saturated heterocycles. The zero-order chi connectivity index (χ0) is 22.7. The van der Waals surface area contributed by atoms with Crippen LogP contribution in [0.2, 0.25) is 0 Å². The van der Waals surface area contributed by atoms with Crippen molar-refractivity contribution >= 4 is 28.8 Å². The lowest BCUT2D eigenvalue weighted by Gasteiger charge is -2.16. The molecule has 6 nitrogen and oxygen atoms in total. The third-order valence-electron chi connectivity index (χ3n) is 5.16. The molecule has 162 valence electrons. The summed E-state index contributed by atoms with van der Waals surface area (Å²) in [5.74, 6) is 0.547. The second-order valence-electron chi connectivity index (χ2n) is 7.35. The van der Waals surface area contributed by atoms with Gasteiger partial charge in [0.2, 0.25) is 0 Å². The number of imide groups is 1. The number of ether oxygens (including phenoxy) is 2. The van der Waals surface area contributed by atoms with Crippen molar-refractivity contribution in [1.82, 2.24) is 0 Å². The molecule has 0 aromatic heterocycles. The minimum Gasteiger partial charge on any atom is -0.497 e. The lowest BCUT2D eigenvalue weighted by Crippen LogP contribution is -2.32. The molecule has 1 heterocycles. The van der Waals surface area contributed by atoms with Crippen molar-refractivity contribution in [2.75, 3.05) is 23.9 Å². The molecule has 0 spiro atoms. The molecule has 1 aliphatic heterocycles. The summed E-state index contributed by atoms with van der Waals surface area (Å²) in [7, 11) is 1.58. The number of nitrogens with zero attached hydrogens (tertiary/aromatic N) is 1. The van der Waals surface area contributed by atoms with Crippen LogP contribution in [0.4, 0.5) is 11.4 Å². The number of aryl methyl sites for hydroxylation is 1. The number of hydrogen-bond donors (Lipinski definition) is 1. The van der Waals surface area contributed by atoms with Crippen molar-refractivity contribution in [2.45, 2.75) is 13.8 Å². The number of rotatable bonds is 7. The minimum absolute atomic E-state index is 0.236. The fourth-order valence-corrected chi connectivity index (χ4v) is 3.63. The van der Waals surface area contributed by atoms with Crippen molar-refractivity contribution in [3.8, 4) is 11.5 Å². The zero-order valence-corrected chi connectivity index (χ0v) is 18.2. The van der Waals surface area contributed by atoms with Gasteiger partial charge in [-0.2, -0.15) is 0 Å². The Morgan fingerprint density at radius 3 is 2.19 bits per heavy atom. The van der Waals surface area contributed by atoms with E-state index in [1.54, 1.807) is 55.6 Å². The molecule has 0 fully saturated rings. The molecule has 3 aromatic carbocycles. The van der Waals surface area contributed by atoms with Crippen LogP contribution in [0.5, 0.6) is 11.5 Å². The van der Waals surface area contributed by atoms with Gasteiger partial charge in [0.25, 0.3) is 11.8 Å². The number of methoxy groups -OCH3 is 1. The van der Waals surface area contributed by atoms with Crippen LogP contribution in [0.25, 0.3) is 5.57 Å². The Labute approximate surface area is 187 Å². The quantitative estimate of drug-likeness (QED) is 0.548. The van der Waals surface area contributed by atoms with Gasteiger partial charge in [-0.3, -0.25) is 9.59 Å².